The van der Waals surface area contributed by atoms with Crippen molar-refractivity contribution in [3.05, 3.63) is 29.6 Å². The molecule has 1 rings (SSSR count). The van der Waals surface area contributed by atoms with Crippen LogP contribution in [0.25, 0.3) is 0 Å². The van der Waals surface area contributed by atoms with Gasteiger partial charge in [-0.15, -0.1) is 0 Å². The van der Waals surface area contributed by atoms with Crippen LogP contribution in [0.2, 0.25) is 0 Å². The molecule has 0 aliphatic rings. The van der Waals surface area contributed by atoms with Crippen LogP contribution in [0.15, 0.2) is 18.2 Å². The van der Waals surface area contributed by atoms with E-state index >= 15 is 0 Å². The number of hydrogen-bond donors (Lipinski definition) is 2. The number of ether oxygens (including phenoxy) is 1. The van der Waals surface area contributed by atoms with Crippen LogP contribution >= 0.6 is 0 Å². The highest BCUT2D eigenvalue weighted by Crippen LogP contribution is 2.21. The standard InChI is InChI=1S/C12H17FN2O2/c1-3-17-11-5-4-9(6-10(11)13)8(2)15-12(16)7-14/h4-6,8H,3,7,14H2,1-2H3,(H,15,16). The van der Waals surface area contributed by atoms with Crippen LogP contribution in [0, 0.1) is 5.82 Å². The van der Waals surface area contributed by atoms with E-state index in [1.807, 2.05) is 0 Å². The zero-order valence-electron chi connectivity index (χ0n) is 10.00. The zero-order valence-corrected chi connectivity index (χ0v) is 10.00. The van der Waals surface area contributed by atoms with Crippen LogP contribution in [-0.2, 0) is 4.79 Å². The lowest BCUT2D eigenvalue weighted by Crippen LogP contribution is -2.32. The Bertz CT molecular complexity index is 396. The molecule has 0 fully saturated rings. The molecule has 1 atom stereocenters. The average Bonchev–Trinajstić information content (AvgIpc) is 2.31. The van der Waals surface area contributed by atoms with E-state index in [0.717, 1.165) is 0 Å². The molecule has 0 saturated heterocycles. The Morgan fingerprint density at radius 2 is 2.29 bits per heavy atom. The van der Waals surface area contributed by atoms with Crippen LogP contribution in [-0.4, -0.2) is 19.1 Å². The number of nitrogens with one attached hydrogen (secondary N) is 1. The fourth-order valence-corrected chi connectivity index (χ4v) is 1.44. The van der Waals surface area contributed by atoms with Gasteiger partial charge in [0.05, 0.1) is 19.2 Å². The summed E-state index contributed by atoms with van der Waals surface area (Å²) < 4.78 is 18.6. The number of nitrogens with two attached hydrogens (primary N) is 1. The monoisotopic (exact) mass is 240 g/mol. The highest BCUT2D eigenvalue weighted by atomic mass is 19.1. The van der Waals surface area contributed by atoms with Gasteiger partial charge in [-0.25, -0.2) is 4.39 Å². The fourth-order valence-electron chi connectivity index (χ4n) is 1.44. The highest BCUT2D eigenvalue weighted by Gasteiger charge is 2.11. The molecule has 0 aliphatic carbocycles. The van der Waals surface area contributed by atoms with Gasteiger partial charge < -0.3 is 15.8 Å². The molecule has 0 radical (unpaired) electrons. The predicted octanol–water partition coefficient (Wildman–Crippen LogP) is 1.36. The second kappa shape index (κ2) is 6.20. The van der Waals surface area contributed by atoms with Crippen LogP contribution in [0.4, 0.5) is 4.39 Å². The third-order valence-electron chi connectivity index (χ3n) is 2.32. The second-order valence-corrected chi connectivity index (χ2v) is 3.62. The van der Waals surface area contributed by atoms with Crippen molar-refractivity contribution in [2.45, 2.75) is 19.9 Å². The topological polar surface area (TPSA) is 64.3 Å². The zero-order chi connectivity index (χ0) is 12.8. The van der Waals surface area contributed by atoms with E-state index < -0.39 is 5.82 Å². The predicted molar refractivity (Wildman–Crippen MR) is 63.2 cm³/mol. The molecule has 1 unspecified atom stereocenters. The van der Waals surface area contributed by atoms with Crippen LogP contribution in [0.5, 0.6) is 5.75 Å². The van der Waals surface area contributed by atoms with Crippen molar-refractivity contribution in [1.29, 1.82) is 0 Å². The van der Waals surface area contributed by atoms with E-state index in [1.54, 1.807) is 26.0 Å². The molecule has 1 aromatic carbocycles. The Morgan fingerprint density at radius 3 is 2.82 bits per heavy atom. The minimum Gasteiger partial charge on any atom is -0.491 e. The summed E-state index contributed by atoms with van der Waals surface area (Å²) in [5.41, 5.74) is 5.86. The maximum Gasteiger partial charge on any atom is 0.234 e. The maximum atomic E-state index is 13.6. The molecule has 0 heterocycles. The Hall–Kier alpha value is -1.62. The lowest BCUT2D eigenvalue weighted by atomic mass is 10.1. The molecule has 0 aliphatic heterocycles. The van der Waals surface area contributed by atoms with Crippen molar-refractivity contribution in [2.24, 2.45) is 5.73 Å². The maximum absolute atomic E-state index is 13.6. The quantitative estimate of drug-likeness (QED) is 0.816. The summed E-state index contributed by atoms with van der Waals surface area (Å²) >= 11 is 0. The first-order chi connectivity index (χ1) is 8.08. The van der Waals surface area contributed by atoms with Gasteiger partial charge in [-0.3, -0.25) is 4.79 Å². The molecule has 1 aromatic rings. The van der Waals surface area contributed by atoms with Crippen molar-refractivity contribution in [1.82, 2.24) is 5.32 Å². The summed E-state index contributed by atoms with van der Waals surface area (Å²) in [5, 5.41) is 2.65. The number of rotatable bonds is 5. The number of benzene rings is 1. The van der Waals surface area contributed by atoms with Gasteiger partial charge in [0.25, 0.3) is 0 Å². The van der Waals surface area contributed by atoms with Gasteiger partial charge in [0.15, 0.2) is 11.6 Å². The van der Waals surface area contributed by atoms with Gasteiger partial charge >= 0.3 is 0 Å². The van der Waals surface area contributed by atoms with E-state index in [4.69, 9.17) is 10.5 Å². The van der Waals surface area contributed by atoms with Crippen molar-refractivity contribution < 1.29 is 13.9 Å². The molecule has 0 aromatic heterocycles. The van der Waals surface area contributed by atoms with Crippen LogP contribution < -0.4 is 15.8 Å². The van der Waals surface area contributed by atoms with E-state index in [9.17, 15) is 9.18 Å². The van der Waals surface area contributed by atoms with Gasteiger partial charge in [-0.2, -0.15) is 0 Å². The van der Waals surface area contributed by atoms with Gasteiger partial charge in [-0.1, -0.05) is 6.07 Å². The number of carbonyl (C=O) groups is 1. The number of amides is 1. The number of halogens is 1. The van der Waals surface area contributed by atoms with Gasteiger partial charge in [-0.05, 0) is 31.5 Å². The molecule has 0 spiro atoms. The van der Waals surface area contributed by atoms with Crippen molar-refractivity contribution in [3.8, 4) is 5.75 Å². The van der Waals surface area contributed by atoms with E-state index in [1.165, 1.54) is 6.07 Å². The van der Waals surface area contributed by atoms with Crippen molar-refractivity contribution in [2.75, 3.05) is 13.2 Å². The van der Waals surface area contributed by atoms with Crippen molar-refractivity contribution in [3.63, 3.8) is 0 Å². The molecule has 0 saturated carbocycles. The van der Waals surface area contributed by atoms with Gasteiger partial charge in [0.2, 0.25) is 5.91 Å². The SMILES string of the molecule is CCOc1ccc(C(C)NC(=O)CN)cc1F. The molecular weight excluding hydrogens is 223 g/mol. The smallest absolute Gasteiger partial charge is 0.234 e. The first-order valence-electron chi connectivity index (χ1n) is 5.50. The lowest BCUT2D eigenvalue weighted by molar-refractivity contribution is -0.120. The first-order valence-corrected chi connectivity index (χ1v) is 5.50. The van der Waals surface area contributed by atoms with Gasteiger partial charge in [0, 0.05) is 0 Å². The summed E-state index contributed by atoms with van der Waals surface area (Å²) in [6, 6.07) is 4.34. The number of carbonyl (C=O) groups excluding carboxylic acids is 1. The molecule has 3 N–H and O–H groups in total. The Labute approximate surface area is 100.0 Å². The molecule has 94 valence electrons. The third-order valence-corrected chi connectivity index (χ3v) is 2.32. The average molecular weight is 240 g/mol. The van der Waals surface area contributed by atoms with Gasteiger partial charge in [0.1, 0.15) is 0 Å². The molecule has 4 nitrogen and oxygen atoms in total. The minimum atomic E-state index is -0.432. The molecule has 1 amide bonds. The fraction of sp³-hybridized carbons (Fsp3) is 0.417. The van der Waals surface area contributed by atoms with E-state index in [-0.39, 0.29) is 24.2 Å². The summed E-state index contributed by atoms with van der Waals surface area (Å²) in [7, 11) is 0. The summed E-state index contributed by atoms with van der Waals surface area (Å²) in [5.74, 6) is -0.487. The summed E-state index contributed by atoms with van der Waals surface area (Å²) in [4.78, 5) is 11.1. The normalized spacial score (nSPS) is 12.0. The Balaban J connectivity index is 2.78. The summed E-state index contributed by atoms with van der Waals surface area (Å²) in [6.45, 7) is 3.89. The lowest BCUT2D eigenvalue weighted by Gasteiger charge is -2.14. The summed E-state index contributed by atoms with van der Waals surface area (Å²) in [6.07, 6.45) is 0. The largest absolute Gasteiger partial charge is 0.491 e. The minimum absolute atomic E-state index is 0.0795. The molecule has 5 heteroatoms. The van der Waals surface area contributed by atoms with Crippen LogP contribution in [0.3, 0.4) is 0 Å². The molecular formula is C12H17FN2O2. The second-order valence-electron chi connectivity index (χ2n) is 3.62. The third kappa shape index (κ3) is 3.71. The first kappa shape index (κ1) is 13.4. The Kier molecular flexibility index (Phi) is 4.90. The molecule has 0 bridgehead atoms. The Morgan fingerprint density at radius 1 is 1.59 bits per heavy atom. The number of hydrogen-bond acceptors (Lipinski definition) is 3. The van der Waals surface area contributed by atoms with Crippen LogP contribution in [0.1, 0.15) is 25.5 Å². The van der Waals surface area contributed by atoms with Crippen molar-refractivity contribution >= 4 is 5.91 Å². The highest BCUT2D eigenvalue weighted by molar-refractivity contribution is 5.78. The van der Waals surface area contributed by atoms with E-state index in [0.29, 0.717) is 12.2 Å². The van der Waals surface area contributed by atoms with E-state index in [2.05, 4.69) is 5.32 Å². The molecule has 17 heavy (non-hydrogen) atoms.